The number of hydrogen-bond acceptors (Lipinski definition) is 2. The van der Waals surface area contributed by atoms with Crippen LogP contribution in [0.25, 0.3) is 0 Å². The van der Waals surface area contributed by atoms with Gasteiger partial charge in [-0.05, 0) is 30.7 Å². The molecule has 1 heterocycles. The van der Waals surface area contributed by atoms with Crippen molar-refractivity contribution in [2.75, 3.05) is 37.9 Å². The fourth-order valence-electron chi connectivity index (χ4n) is 2.05. The highest BCUT2D eigenvalue weighted by Crippen LogP contribution is 2.16. The number of carbonyl (C=O) groups excluding carboxylic acids is 1. The zero-order valence-corrected chi connectivity index (χ0v) is 11.7. The van der Waals surface area contributed by atoms with E-state index in [0.29, 0.717) is 0 Å². The molecule has 1 aliphatic rings. The number of urea groups is 1. The minimum Gasteiger partial charge on any atom is -0.378 e. The molecular formula is C14H20N4O. The van der Waals surface area contributed by atoms with Gasteiger partial charge >= 0.3 is 6.03 Å². The lowest BCUT2D eigenvalue weighted by molar-refractivity contribution is 0.259. The lowest BCUT2D eigenvalue weighted by Crippen LogP contribution is -2.21. The average molecular weight is 260 g/mol. The van der Waals surface area contributed by atoms with Crippen molar-refractivity contribution < 1.29 is 4.79 Å². The van der Waals surface area contributed by atoms with Crippen molar-refractivity contribution in [1.29, 1.82) is 0 Å². The molecule has 1 aromatic carbocycles. The third-order valence-corrected chi connectivity index (χ3v) is 3.20. The van der Waals surface area contributed by atoms with Gasteiger partial charge in [0.1, 0.15) is 5.84 Å². The molecule has 0 spiro atoms. The van der Waals surface area contributed by atoms with Gasteiger partial charge in [0.05, 0.1) is 0 Å². The zero-order valence-electron chi connectivity index (χ0n) is 11.7. The Bertz CT molecular complexity index is 479. The molecule has 0 radical (unpaired) electrons. The molecule has 2 amide bonds. The van der Waals surface area contributed by atoms with Crippen LogP contribution in [0.2, 0.25) is 0 Å². The predicted molar refractivity (Wildman–Crippen MR) is 79.1 cm³/mol. The number of benzene rings is 1. The van der Waals surface area contributed by atoms with Crippen LogP contribution >= 0.6 is 0 Å². The maximum atomic E-state index is 11.8. The van der Waals surface area contributed by atoms with Crippen molar-refractivity contribution in [2.45, 2.75) is 12.8 Å². The van der Waals surface area contributed by atoms with Crippen molar-refractivity contribution in [2.24, 2.45) is 4.99 Å². The largest absolute Gasteiger partial charge is 0.378 e. The number of amidine groups is 1. The predicted octanol–water partition coefficient (Wildman–Crippen LogP) is 2.41. The monoisotopic (exact) mass is 260 g/mol. The molecule has 5 heteroatoms. The lowest BCUT2D eigenvalue weighted by atomic mass is 10.2. The van der Waals surface area contributed by atoms with E-state index in [9.17, 15) is 4.79 Å². The van der Waals surface area contributed by atoms with Gasteiger partial charge in [-0.15, -0.1) is 0 Å². The summed E-state index contributed by atoms with van der Waals surface area (Å²) in [6.07, 6.45) is 1.95. The summed E-state index contributed by atoms with van der Waals surface area (Å²) in [6, 6.07) is 7.38. The molecule has 2 rings (SSSR count). The van der Waals surface area contributed by atoms with Crippen LogP contribution in [0.4, 0.5) is 16.2 Å². The van der Waals surface area contributed by atoms with Crippen LogP contribution in [0.3, 0.4) is 0 Å². The van der Waals surface area contributed by atoms with E-state index in [-0.39, 0.29) is 6.03 Å². The second kappa shape index (κ2) is 5.73. The Labute approximate surface area is 113 Å². The third-order valence-electron chi connectivity index (χ3n) is 3.20. The Hall–Kier alpha value is -2.04. The summed E-state index contributed by atoms with van der Waals surface area (Å²) in [5.41, 5.74) is 1.86. The number of aliphatic imine (C=N–C) groups is 1. The highest BCUT2D eigenvalue weighted by atomic mass is 16.2. The van der Waals surface area contributed by atoms with Crippen LogP contribution in [0.5, 0.6) is 0 Å². The van der Waals surface area contributed by atoms with Gasteiger partial charge in [-0.3, -0.25) is 0 Å². The van der Waals surface area contributed by atoms with Crippen molar-refractivity contribution in [3.63, 3.8) is 0 Å². The summed E-state index contributed by atoms with van der Waals surface area (Å²) >= 11 is 0. The van der Waals surface area contributed by atoms with E-state index in [0.717, 1.165) is 36.6 Å². The highest BCUT2D eigenvalue weighted by Gasteiger charge is 2.15. The van der Waals surface area contributed by atoms with Crippen LogP contribution in [0, 0.1) is 0 Å². The first-order valence-electron chi connectivity index (χ1n) is 6.43. The zero-order chi connectivity index (χ0) is 13.8. The number of rotatable bonds is 2. The SMILES string of the molecule is CN1CCC/C1=N\C(=O)Nc1ccc(N(C)C)cc1. The molecule has 1 aromatic rings. The van der Waals surface area contributed by atoms with Gasteiger partial charge in [-0.1, -0.05) is 0 Å². The quantitative estimate of drug-likeness (QED) is 0.888. The molecule has 1 N–H and O–H groups in total. The summed E-state index contributed by atoms with van der Waals surface area (Å²) in [6.45, 7) is 0.976. The second-order valence-electron chi connectivity index (χ2n) is 4.92. The molecule has 19 heavy (non-hydrogen) atoms. The summed E-state index contributed by atoms with van der Waals surface area (Å²) in [7, 11) is 5.93. The van der Waals surface area contributed by atoms with Crippen LogP contribution in [-0.4, -0.2) is 44.5 Å². The second-order valence-corrected chi connectivity index (χ2v) is 4.92. The fraction of sp³-hybridized carbons (Fsp3) is 0.429. The maximum absolute atomic E-state index is 11.8. The smallest absolute Gasteiger partial charge is 0.347 e. The molecule has 0 bridgehead atoms. The van der Waals surface area contributed by atoms with Gasteiger partial charge in [0.15, 0.2) is 0 Å². The van der Waals surface area contributed by atoms with E-state index in [1.165, 1.54) is 0 Å². The van der Waals surface area contributed by atoms with E-state index < -0.39 is 0 Å². The Balaban J connectivity index is 1.99. The van der Waals surface area contributed by atoms with E-state index in [4.69, 9.17) is 0 Å². The average Bonchev–Trinajstić information content (AvgIpc) is 2.75. The maximum Gasteiger partial charge on any atom is 0.347 e. The first kappa shape index (κ1) is 13.4. The van der Waals surface area contributed by atoms with Gasteiger partial charge in [0, 0.05) is 45.5 Å². The number of nitrogens with zero attached hydrogens (tertiary/aromatic N) is 3. The summed E-state index contributed by atoms with van der Waals surface area (Å²) in [5, 5.41) is 2.78. The molecule has 1 saturated heterocycles. The molecule has 0 aliphatic carbocycles. The van der Waals surface area contributed by atoms with Crippen molar-refractivity contribution >= 4 is 23.2 Å². The van der Waals surface area contributed by atoms with Gasteiger partial charge in [-0.25, -0.2) is 4.79 Å². The van der Waals surface area contributed by atoms with Crippen molar-refractivity contribution in [1.82, 2.24) is 4.90 Å². The molecule has 1 fully saturated rings. The van der Waals surface area contributed by atoms with E-state index in [1.54, 1.807) is 0 Å². The molecule has 102 valence electrons. The normalized spacial score (nSPS) is 16.8. The highest BCUT2D eigenvalue weighted by molar-refractivity contribution is 6.00. The number of carbonyl (C=O) groups is 1. The molecule has 0 aromatic heterocycles. The Morgan fingerprint density at radius 2 is 2.00 bits per heavy atom. The summed E-state index contributed by atoms with van der Waals surface area (Å²) in [5.74, 6) is 0.863. The molecule has 0 atom stereocenters. The Morgan fingerprint density at radius 1 is 1.32 bits per heavy atom. The number of hydrogen-bond donors (Lipinski definition) is 1. The first-order valence-corrected chi connectivity index (χ1v) is 6.43. The fourth-order valence-corrected chi connectivity index (χ4v) is 2.05. The van der Waals surface area contributed by atoms with Crippen LogP contribution in [0.15, 0.2) is 29.3 Å². The van der Waals surface area contributed by atoms with Gasteiger partial charge in [0.25, 0.3) is 0 Å². The van der Waals surface area contributed by atoms with E-state index >= 15 is 0 Å². The lowest BCUT2D eigenvalue weighted by Gasteiger charge is -2.13. The molecular weight excluding hydrogens is 240 g/mol. The first-order chi connectivity index (χ1) is 9.06. The molecule has 5 nitrogen and oxygen atoms in total. The minimum absolute atomic E-state index is 0.304. The number of anilines is 2. The number of amides is 2. The minimum atomic E-state index is -0.304. The summed E-state index contributed by atoms with van der Waals surface area (Å²) < 4.78 is 0. The Morgan fingerprint density at radius 3 is 2.53 bits per heavy atom. The molecule has 0 saturated carbocycles. The van der Waals surface area contributed by atoms with Crippen molar-refractivity contribution in [3.8, 4) is 0 Å². The standard InChI is InChI=1S/C14H20N4O/c1-17(2)12-8-6-11(7-9-12)15-14(19)16-13-5-4-10-18(13)3/h6-9H,4-5,10H2,1-3H3,(H,15,19)/b16-13+. The van der Waals surface area contributed by atoms with E-state index in [2.05, 4.69) is 10.3 Å². The van der Waals surface area contributed by atoms with Gasteiger partial charge in [0.2, 0.25) is 0 Å². The topological polar surface area (TPSA) is 47.9 Å². The Kier molecular flexibility index (Phi) is 4.04. The van der Waals surface area contributed by atoms with Gasteiger partial charge < -0.3 is 15.1 Å². The van der Waals surface area contributed by atoms with Crippen LogP contribution in [0.1, 0.15) is 12.8 Å². The molecule has 0 unspecified atom stereocenters. The van der Waals surface area contributed by atoms with Crippen LogP contribution in [-0.2, 0) is 0 Å². The van der Waals surface area contributed by atoms with Crippen molar-refractivity contribution in [3.05, 3.63) is 24.3 Å². The number of likely N-dealkylation sites (tertiary alicyclic amines) is 1. The van der Waals surface area contributed by atoms with Crippen LogP contribution < -0.4 is 10.2 Å². The van der Waals surface area contributed by atoms with E-state index in [1.807, 2.05) is 55.2 Å². The van der Waals surface area contributed by atoms with Gasteiger partial charge in [-0.2, -0.15) is 4.99 Å². The summed E-state index contributed by atoms with van der Waals surface area (Å²) in [4.78, 5) is 19.9. The number of nitrogens with one attached hydrogen (secondary N) is 1. The molecule has 1 aliphatic heterocycles. The third kappa shape index (κ3) is 3.47.